The molecule has 0 spiro atoms. The van der Waals surface area contributed by atoms with Gasteiger partial charge in [-0.1, -0.05) is 0 Å². The number of hydrogen-bond donors (Lipinski definition) is 4. The fraction of sp³-hybridized carbons (Fsp3) is 0.400. The van der Waals surface area contributed by atoms with Gasteiger partial charge in [-0.25, -0.2) is 17.2 Å². The highest BCUT2D eigenvalue weighted by Gasteiger charge is 2.35. The van der Waals surface area contributed by atoms with Gasteiger partial charge in [0.15, 0.2) is 0 Å². The van der Waals surface area contributed by atoms with Crippen LogP contribution in [-0.2, 0) is 10.0 Å². The molecule has 0 aliphatic heterocycles. The van der Waals surface area contributed by atoms with Crippen LogP contribution in [0.2, 0.25) is 0 Å². The normalized spacial score (nSPS) is 12.7. The number of hydrogen-bond acceptors (Lipinski definition) is 5. The molecule has 0 saturated heterocycles. The standard InChI is InChI=1S/C10H13F2NO5S/c11-7-1-2-8(12)9(3-7)19(17,18)13-10(4-14,5-15)6-16/h1-3,13-16H,4-6H2. The zero-order chi connectivity index (χ0) is 14.7. The van der Waals surface area contributed by atoms with Crippen molar-refractivity contribution in [1.29, 1.82) is 0 Å². The third-order valence-electron chi connectivity index (χ3n) is 2.44. The smallest absolute Gasteiger partial charge is 0.244 e. The van der Waals surface area contributed by atoms with Crippen LogP contribution >= 0.6 is 0 Å². The van der Waals surface area contributed by atoms with Crippen molar-refractivity contribution in [2.45, 2.75) is 10.4 Å². The first-order valence-corrected chi connectivity index (χ1v) is 6.60. The first-order chi connectivity index (χ1) is 8.80. The monoisotopic (exact) mass is 297 g/mol. The van der Waals surface area contributed by atoms with Crippen molar-refractivity contribution in [3.63, 3.8) is 0 Å². The SMILES string of the molecule is O=S(=O)(NC(CO)(CO)CO)c1cc(F)ccc1F. The Labute approximate surface area is 108 Å². The summed E-state index contributed by atoms with van der Waals surface area (Å²) >= 11 is 0. The van der Waals surface area contributed by atoms with E-state index in [1.807, 2.05) is 0 Å². The molecule has 9 heteroatoms. The first kappa shape index (κ1) is 15.9. The molecule has 1 rings (SSSR count). The molecule has 1 aromatic rings. The van der Waals surface area contributed by atoms with Gasteiger partial charge in [-0.15, -0.1) is 0 Å². The summed E-state index contributed by atoms with van der Waals surface area (Å²) in [5, 5.41) is 27.0. The highest BCUT2D eigenvalue weighted by Crippen LogP contribution is 2.18. The zero-order valence-corrected chi connectivity index (χ0v) is 10.5. The molecule has 0 aromatic heterocycles. The van der Waals surface area contributed by atoms with Gasteiger partial charge in [-0.05, 0) is 18.2 Å². The zero-order valence-electron chi connectivity index (χ0n) is 9.68. The molecule has 0 radical (unpaired) electrons. The summed E-state index contributed by atoms with van der Waals surface area (Å²) in [7, 11) is -4.55. The minimum Gasteiger partial charge on any atom is -0.394 e. The van der Waals surface area contributed by atoms with E-state index in [1.165, 1.54) is 0 Å². The van der Waals surface area contributed by atoms with Crippen molar-refractivity contribution in [1.82, 2.24) is 4.72 Å². The molecule has 6 nitrogen and oxygen atoms in total. The van der Waals surface area contributed by atoms with Gasteiger partial charge in [0.1, 0.15) is 22.1 Å². The van der Waals surface area contributed by atoms with Crippen LogP contribution in [-0.4, -0.2) is 49.1 Å². The molecular weight excluding hydrogens is 284 g/mol. The molecular formula is C10H13F2NO5S. The Bertz CT molecular complexity index is 537. The summed E-state index contributed by atoms with van der Waals surface area (Å²) in [4.78, 5) is -0.979. The number of halogens is 2. The molecule has 0 amide bonds. The highest BCUT2D eigenvalue weighted by molar-refractivity contribution is 7.89. The Morgan fingerprint density at radius 2 is 1.63 bits per heavy atom. The number of sulfonamides is 1. The quantitative estimate of drug-likeness (QED) is 0.536. The van der Waals surface area contributed by atoms with Gasteiger partial charge in [-0.2, -0.15) is 4.72 Å². The third-order valence-corrected chi connectivity index (χ3v) is 4.04. The highest BCUT2D eigenvalue weighted by atomic mass is 32.2. The van der Waals surface area contributed by atoms with Gasteiger partial charge in [0.2, 0.25) is 10.0 Å². The topological polar surface area (TPSA) is 107 Å². The molecule has 19 heavy (non-hydrogen) atoms. The summed E-state index contributed by atoms with van der Waals surface area (Å²) in [5.74, 6) is -2.17. The molecule has 0 saturated carbocycles. The second-order valence-corrected chi connectivity index (χ2v) is 5.59. The minimum atomic E-state index is -4.55. The van der Waals surface area contributed by atoms with Gasteiger partial charge in [0.25, 0.3) is 0 Å². The molecule has 4 N–H and O–H groups in total. The van der Waals surface area contributed by atoms with Gasteiger partial charge in [0, 0.05) is 0 Å². The Morgan fingerprint density at radius 3 is 2.11 bits per heavy atom. The second-order valence-electron chi connectivity index (χ2n) is 3.93. The lowest BCUT2D eigenvalue weighted by atomic mass is 10.1. The maximum atomic E-state index is 13.4. The maximum Gasteiger partial charge on any atom is 0.244 e. The molecule has 0 atom stereocenters. The van der Waals surface area contributed by atoms with Crippen molar-refractivity contribution in [3.05, 3.63) is 29.8 Å². The summed E-state index contributed by atoms with van der Waals surface area (Å²) in [6, 6.07) is 1.82. The van der Waals surface area contributed by atoms with E-state index >= 15 is 0 Å². The van der Waals surface area contributed by atoms with Gasteiger partial charge >= 0.3 is 0 Å². The van der Waals surface area contributed by atoms with Gasteiger partial charge < -0.3 is 15.3 Å². The van der Waals surface area contributed by atoms with Crippen LogP contribution in [0.25, 0.3) is 0 Å². The van der Waals surface area contributed by atoms with E-state index in [1.54, 1.807) is 4.72 Å². The predicted octanol–water partition coefficient (Wildman–Crippen LogP) is -1.04. The van der Waals surface area contributed by atoms with Crippen molar-refractivity contribution < 1.29 is 32.5 Å². The molecule has 0 bridgehead atoms. The number of benzene rings is 1. The van der Waals surface area contributed by atoms with E-state index < -0.39 is 51.9 Å². The molecule has 108 valence electrons. The van der Waals surface area contributed by atoms with Crippen LogP contribution in [0.4, 0.5) is 8.78 Å². The second kappa shape index (κ2) is 5.88. The number of nitrogens with one attached hydrogen (secondary N) is 1. The number of aliphatic hydroxyl groups excluding tert-OH is 3. The van der Waals surface area contributed by atoms with Crippen molar-refractivity contribution in [3.8, 4) is 0 Å². The van der Waals surface area contributed by atoms with Crippen LogP contribution in [0, 0.1) is 11.6 Å². The van der Waals surface area contributed by atoms with Crippen LogP contribution in [0.15, 0.2) is 23.1 Å². The minimum absolute atomic E-state index is 0.453. The van der Waals surface area contributed by atoms with E-state index in [4.69, 9.17) is 15.3 Å². The summed E-state index contributed by atoms with van der Waals surface area (Å²) < 4.78 is 51.8. The molecule has 0 aliphatic rings. The summed E-state index contributed by atoms with van der Waals surface area (Å²) in [6.07, 6.45) is 0. The molecule has 0 aliphatic carbocycles. The predicted molar refractivity (Wildman–Crippen MR) is 60.7 cm³/mol. The van der Waals surface area contributed by atoms with Crippen molar-refractivity contribution in [2.75, 3.05) is 19.8 Å². The Hall–Kier alpha value is -1.13. The molecule has 1 aromatic carbocycles. The molecule has 0 heterocycles. The van der Waals surface area contributed by atoms with E-state index in [0.29, 0.717) is 12.1 Å². The number of rotatable bonds is 6. The van der Waals surface area contributed by atoms with E-state index in [0.717, 1.165) is 6.07 Å². The van der Waals surface area contributed by atoms with E-state index in [-0.39, 0.29) is 0 Å². The van der Waals surface area contributed by atoms with Crippen LogP contribution in [0.1, 0.15) is 0 Å². The summed E-state index contributed by atoms with van der Waals surface area (Å²) in [5.41, 5.74) is -1.96. The van der Waals surface area contributed by atoms with Crippen LogP contribution < -0.4 is 4.72 Å². The van der Waals surface area contributed by atoms with Crippen molar-refractivity contribution in [2.24, 2.45) is 0 Å². The number of aliphatic hydroxyl groups is 3. The van der Waals surface area contributed by atoms with E-state index in [9.17, 15) is 17.2 Å². The lowest BCUT2D eigenvalue weighted by Gasteiger charge is -2.28. The van der Waals surface area contributed by atoms with Gasteiger partial charge in [0.05, 0.1) is 19.8 Å². The third kappa shape index (κ3) is 3.45. The molecule has 0 unspecified atom stereocenters. The van der Waals surface area contributed by atoms with Gasteiger partial charge in [-0.3, -0.25) is 0 Å². The van der Waals surface area contributed by atoms with Crippen molar-refractivity contribution >= 4 is 10.0 Å². The van der Waals surface area contributed by atoms with E-state index in [2.05, 4.69) is 0 Å². The average molecular weight is 297 g/mol. The Kier molecular flexibility index (Phi) is 4.93. The summed E-state index contributed by atoms with van der Waals surface area (Å²) in [6.45, 7) is -2.76. The fourth-order valence-electron chi connectivity index (χ4n) is 1.27. The molecule has 0 fully saturated rings. The lowest BCUT2D eigenvalue weighted by Crippen LogP contribution is -2.56. The Balaban J connectivity index is 3.21. The fourth-order valence-corrected chi connectivity index (χ4v) is 2.74. The first-order valence-electron chi connectivity index (χ1n) is 5.12. The van der Waals surface area contributed by atoms with Crippen LogP contribution in [0.3, 0.4) is 0 Å². The maximum absolute atomic E-state index is 13.4. The largest absolute Gasteiger partial charge is 0.394 e. The lowest BCUT2D eigenvalue weighted by molar-refractivity contribution is 0.0581. The average Bonchev–Trinajstić information content (AvgIpc) is 2.39. The van der Waals surface area contributed by atoms with Crippen LogP contribution in [0.5, 0.6) is 0 Å². The Morgan fingerprint density at radius 1 is 1.11 bits per heavy atom.